The van der Waals surface area contributed by atoms with Gasteiger partial charge in [-0.15, -0.1) is 0 Å². The summed E-state index contributed by atoms with van der Waals surface area (Å²) in [6, 6.07) is 13.7. The van der Waals surface area contributed by atoms with Crippen molar-refractivity contribution in [3.63, 3.8) is 0 Å². The molecule has 116 valence electrons. The van der Waals surface area contributed by atoms with Gasteiger partial charge in [0.25, 0.3) is 0 Å². The number of ether oxygens (including phenoxy) is 2. The molecule has 0 saturated carbocycles. The number of hydrogen-bond acceptors (Lipinski definition) is 3. The van der Waals surface area contributed by atoms with Crippen molar-refractivity contribution < 1.29 is 14.0 Å². The predicted octanol–water partition coefficient (Wildman–Crippen LogP) is 4.50. The van der Waals surface area contributed by atoms with Crippen LogP contribution in [-0.2, 0) is 4.57 Å². The summed E-state index contributed by atoms with van der Waals surface area (Å²) < 4.78 is 24.9. The molecule has 0 amide bonds. The van der Waals surface area contributed by atoms with E-state index in [9.17, 15) is 4.57 Å². The summed E-state index contributed by atoms with van der Waals surface area (Å²) in [7, 11) is -1.00. The van der Waals surface area contributed by atoms with Crippen LogP contribution in [0.2, 0.25) is 0 Å². The van der Waals surface area contributed by atoms with E-state index in [2.05, 4.69) is 0 Å². The molecule has 3 nitrogen and oxygen atoms in total. The van der Waals surface area contributed by atoms with E-state index < -0.39 is 7.14 Å². The van der Waals surface area contributed by atoms with Crippen LogP contribution in [0, 0.1) is 0 Å². The van der Waals surface area contributed by atoms with E-state index in [-0.39, 0.29) is 11.5 Å². The molecule has 1 atom stereocenters. The van der Waals surface area contributed by atoms with Crippen molar-refractivity contribution in [3.8, 4) is 22.6 Å². The third-order valence-corrected chi connectivity index (χ3v) is 8.09. The molecule has 0 N–H and O–H groups in total. The number of benzene rings is 2. The molecule has 0 saturated heterocycles. The fourth-order valence-electron chi connectivity index (χ4n) is 2.85. The lowest BCUT2D eigenvalue weighted by Crippen LogP contribution is -2.23. The Hall–Kier alpha value is -1.73. The third kappa shape index (κ3) is 2.16. The largest absolute Gasteiger partial charge is 0.496 e. The topological polar surface area (TPSA) is 35.5 Å². The number of hydrogen-bond donors (Lipinski definition) is 0. The van der Waals surface area contributed by atoms with Gasteiger partial charge in [-0.05, 0) is 17.7 Å². The van der Waals surface area contributed by atoms with Crippen LogP contribution in [0.3, 0.4) is 0 Å². The van der Waals surface area contributed by atoms with E-state index in [1.54, 1.807) is 7.11 Å². The van der Waals surface area contributed by atoms with Crippen molar-refractivity contribution in [2.75, 3.05) is 13.5 Å². The molecule has 0 radical (unpaired) electrons. The van der Waals surface area contributed by atoms with Crippen molar-refractivity contribution in [1.82, 2.24) is 0 Å². The van der Waals surface area contributed by atoms with Gasteiger partial charge in [0.15, 0.2) is 7.14 Å². The van der Waals surface area contributed by atoms with E-state index in [4.69, 9.17) is 9.47 Å². The SMILES string of the molecule is COc1ccccc1-c1cccc2c1[P@@](=O)(C(C)(C)C)CO2. The highest BCUT2D eigenvalue weighted by atomic mass is 31.2. The molecular formula is C18H21O3P. The van der Waals surface area contributed by atoms with Gasteiger partial charge < -0.3 is 14.0 Å². The Morgan fingerprint density at radius 1 is 1.05 bits per heavy atom. The molecular weight excluding hydrogens is 295 g/mol. The second-order valence-corrected chi connectivity index (χ2v) is 10.1. The van der Waals surface area contributed by atoms with E-state index in [1.807, 2.05) is 63.2 Å². The standard InChI is InChI=1S/C18H21O3P/c1-18(2,3)22(19)12-21-16-11-7-9-14(17(16)22)13-8-5-6-10-15(13)20-4/h5-11H,12H2,1-4H3/t22-/m1/s1. The van der Waals surface area contributed by atoms with Crippen molar-refractivity contribution in [2.24, 2.45) is 0 Å². The molecule has 0 spiro atoms. The molecule has 1 heterocycles. The summed E-state index contributed by atoms with van der Waals surface area (Å²) in [5.74, 6) is 1.52. The van der Waals surface area contributed by atoms with E-state index >= 15 is 0 Å². The van der Waals surface area contributed by atoms with Gasteiger partial charge in [0, 0.05) is 10.7 Å². The summed E-state index contributed by atoms with van der Waals surface area (Å²) in [5, 5.41) is 0.517. The fourth-order valence-corrected chi connectivity index (χ4v) is 5.44. The van der Waals surface area contributed by atoms with Crippen LogP contribution in [-0.4, -0.2) is 18.6 Å². The fraction of sp³-hybridized carbons (Fsp3) is 0.333. The Morgan fingerprint density at radius 2 is 1.73 bits per heavy atom. The monoisotopic (exact) mass is 316 g/mol. The van der Waals surface area contributed by atoms with Crippen molar-refractivity contribution in [3.05, 3.63) is 42.5 Å². The highest BCUT2D eigenvalue weighted by Gasteiger charge is 2.46. The lowest BCUT2D eigenvalue weighted by Gasteiger charge is -2.28. The van der Waals surface area contributed by atoms with Gasteiger partial charge in [-0.2, -0.15) is 0 Å². The van der Waals surface area contributed by atoms with Gasteiger partial charge >= 0.3 is 0 Å². The molecule has 0 unspecified atom stereocenters. The quantitative estimate of drug-likeness (QED) is 0.765. The van der Waals surface area contributed by atoms with E-state index in [0.29, 0.717) is 0 Å². The minimum absolute atomic E-state index is 0.276. The summed E-state index contributed by atoms with van der Waals surface area (Å²) in [5.41, 5.74) is 1.91. The van der Waals surface area contributed by atoms with E-state index in [1.165, 1.54) is 0 Å². The first-order valence-corrected chi connectivity index (χ1v) is 9.26. The summed E-state index contributed by atoms with van der Waals surface area (Å²) >= 11 is 0. The molecule has 1 aliphatic rings. The van der Waals surface area contributed by atoms with Gasteiger partial charge in [0.2, 0.25) is 0 Å². The highest BCUT2D eigenvalue weighted by molar-refractivity contribution is 7.73. The molecule has 1 aliphatic heterocycles. The zero-order valence-corrected chi connectivity index (χ0v) is 14.3. The van der Waals surface area contributed by atoms with Crippen LogP contribution in [0.25, 0.3) is 11.1 Å². The highest BCUT2D eigenvalue weighted by Crippen LogP contribution is 2.63. The average molecular weight is 316 g/mol. The van der Waals surface area contributed by atoms with Crippen LogP contribution in [0.5, 0.6) is 11.5 Å². The molecule has 0 fully saturated rings. The minimum atomic E-state index is -2.66. The van der Waals surface area contributed by atoms with Gasteiger partial charge in [-0.25, -0.2) is 0 Å². The summed E-state index contributed by atoms with van der Waals surface area (Å²) in [4.78, 5) is 0. The normalized spacial score (nSPS) is 20.4. The van der Waals surface area contributed by atoms with Gasteiger partial charge in [0.1, 0.15) is 17.8 Å². The Bertz CT molecular complexity index is 759. The Balaban J connectivity index is 2.30. The van der Waals surface area contributed by atoms with Gasteiger partial charge in [-0.1, -0.05) is 51.1 Å². The smallest absolute Gasteiger partial charge is 0.160 e. The van der Waals surface area contributed by atoms with Crippen LogP contribution in [0.4, 0.5) is 0 Å². The molecule has 0 aliphatic carbocycles. The number of para-hydroxylation sites is 1. The van der Waals surface area contributed by atoms with Crippen LogP contribution < -0.4 is 14.8 Å². The minimum Gasteiger partial charge on any atom is -0.496 e. The van der Waals surface area contributed by atoms with Gasteiger partial charge in [0.05, 0.1) is 12.4 Å². The molecule has 3 rings (SSSR count). The first-order chi connectivity index (χ1) is 10.4. The Morgan fingerprint density at radius 3 is 2.41 bits per heavy atom. The number of rotatable bonds is 2. The van der Waals surface area contributed by atoms with Crippen LogP contribution >= 0.6 is 7.14 Å². The zero-order valence-electron chi connectivity index (χ0n) is 13.4. The molecule has 2 aromatic carbocycles. The Kier molecular flexibility index (Phi) is 3.57. The third-order valence-electron chi connectivity index (χ3n) is 4.24. The van der Waals surface area contributed by atoms with Gasteiger partial charge in [-0.3, -0.25) is 0 Å². The maximum absolute atomic E-state index is 13.7. The van der Waals surface area contributed by atoms with Crippen molar-refractivity contribution >= 4 is 12.4 Å². The molecule has 2 aromatic rings. The summed E-state index contributed by atoms with van der Waals surface area (Å²) in [6.45, 7) is 6.06. The maximum atomic E-state index is 13.7. The summed E-state index contributed by atoms with van der Waals surface area (Å²) in [6.07, 6.45) is 0.276. The lowest BCUT2D eigenvalue weighted by molar-refractivity contribution is 0.389. The first-order valence-electron chi connectivity index (χ1n) is 7.37. The molecule has 0 aromatic heterocycles. The zero-order chi connectivity index (χ0) is 16.0. The predicted molar refractivity (Wildman–Crippen MR) is 90.9 cm³/mol. The second kappa shape index (κ2) is 5.17. The van der Waals surface area contributed by atoms with Crippen molar-refractivity contribution in [1.29, 1.82) is 0 Å². The Labute approximate surface area is 131 Å². The average Bonchev–Trinajstić information content (AvgIpc) is 2.86. The maximum Gasteiger partial charge on any atom is 0.160 e. The molecule has 4 heteroatoms. The number of methoxy groups -OCH3 is 1. The molecule has 0 bridgehead atoms. The second-order valence-electron chi connectivity index (χ2n) is 6.54. The molecule has 22 heavy (non-hydrogen) atoms. The van der Waals surface area contributed by atoms with Crippen molar-refractivity contribution in [2.45, 2.75) is 25.9 Å². The van der Waals surface area contributed by atoms with Crippen LogP contribution in [0.15, 0.2) is 42.5 Å². The lowest BCUT2D eigenvalue weighted by atomic mass is 10.0. The number of fused-ring (bicyclic) bond motifs is 1. The first kappa shape index (κ1) is 15.2. The van der Waals surface area contributed by atoms with E-state index in [0.717, 1.165) is 27.9 Å². The van der Waals surface area contributed by atoms with Crippen LogP contribution in [0.1, 0.15) is 20.8 Å².